The zero-order valence-electron chi connectivity index (χ0n) is 11.5. The van der Waals surface area contributed by atoms with Gasteiger partial charge in [-0.15, -0.1) is 0 Å². The molecule has 18 heavy (non-hydrogen) atoms. The van der Waals surface area contributed by atoms with Gasteiger partial charge in [0.05, 0.1) is 5.60 Å². The molecule has 0 aromatic carbocycles. The molecule has 0 spiro atoms. The van der Waals surface area contributed by atoms with Gasteiger partial charge in [0.1, 0.15) is 0 Å². The highest BCUT2D eigenvalue weighted by molar-refractivity contribution is 5.75. The van der Waals surface area contributed by atoms with Crippen molar-refractivity contribution in [1.29, 1.82) is 0 Å². The summed E-state index contributed by atoms with van der Waals surface area (Å²) in [6.07, 6.45) is 6.71. The molecule has 3 N–H and O–H groups in total. The molecule has 0 aliphatic heterocycles. The van der Waals surface area contributed by atoms with Gasteiger partial charge < -0.3 is 15.5 Å². The number of hydrogen-bond acceptors (Lipinski definition) is 3. The van der Waals surface area contributed by atoms with E-state index in [0.717, 1.165) is 31.6 Å². The van der Waals surface area contributed by atoms with Crippen LogP contribution < -0.4 is 5.32 Å². The molecule has 106 valence electrons. The summed E-state index contributed by atoms with van der Waals surface area (Å²) in [6.45, 7) is 2.70. The first-order chi connectivity index (χ1) is 8.59. The topological polar surface area (TPSA) is 69.6 Å². The SMILES string of the molecule is CCC1CCC(O)(CNC(=O)CCCCO)CC1. The summed E-state index contributed by atoms with van der Waals surface area (Å²) in [5, 5.41) is 21.8. The van der Waals surface area contributed by atoms with E-state index in [-0.39, 0.29) is 12.5 Å². The highest BCUT2D eigenvalue weighted by atomic mass is 16.3. The summed E-state index contributed by atoms with van der Waals surface area (Å²) in [5.74, 6) is 0.722. The van der Waals surface area contributed by atoms with Crippen LogP contribution in [0.25, 0.3) is 0 Å². The zero-order chi connectivity index (χ0) is 13.4. The Kier molecular flexibility index (Phi) is 6.65. The lowest BCUT2D eigenvalue weighted by atomic mass is 9.78. The van der Waals surface area contributed by atoms with E-state index in [9.17, 15) is 9.90 Å². The minimum atomic E-state index is -0.696. The average molecular weight is 257 g/mol. The van der Waals surface area contributed by atoms with Crippen LogP contribution >= 0.6 is 0 Å². The second kappa shape index (κ2) is 7.74. The van der Waals surface area contributed by atoms with E-state index >= 15 is 0 Å². The van der Waals surface area contributed by atoms with Gasteiger partial charge in [0, 0.05) is 19.6 Å². The number of carbonyl (C=O) groups excluding carboxylic acids is 1. The number of rotatable bonds is 7. The summed E-state index contributed by atoms with van der Waals surface area (Å²) in [5.41, 5.74) is -0.696. The fourth-order valence-corrected chi connectivity index (χ4v) is 2.55. The van der Waals surface area contributed by atoms with E-state index in [2.05, 4.69) is 12.2 Å². The summed E-state index contributed by atoms with van der Waals surface area (Å²) in [4.78, 5) is 11.5. The monoisotopic (exact) mass is 257 g/mol. The molecular weight excluding hydrogens is 230 g/mol. The van der Waals surface area contributed by atoms with Crippen LogP contribution in [0, 0.1) is 5.92 Å². The molecule has 1 amide bonds. The average Bonchev–Trinajstić information content (AvgIpc) is 2.38. The molecule has 0 saturated heterocycles. The maximum absolute atomic E-state index is 11.5. The highest BCUT2D eigenvalue weighted by Gasteiger charge is 2.32. The standard InChI is InChI=1S/C14H27NO3/c1-2-12-6-8-14(18,9-7-12)11-15-13(17)5-3-4-10-16/h12,16,18H,2-11H2,1H3,(H,15,17). The lowest BCUT2D eigenvalue weighted by Crippen LogP contribution is -2.45. The van der Waals surface area contributed by atoms with Gasteiger partial charge >= 0.3 is 0 Å². The van der Waals surface area contributed by atoms with Crippen LogP contribution in [0.3, 0.4) is 0 Å². The van der Waals surface area contributed by atoms with Crippen LogP contribution in [-0.2, 0) is 4.79 Å². The van der Waals surface area contributed by atoms with Crippen molar-refractivity contribution in [2.45, 2.75) is 63.9 Å². The van der Waals surface area contributed by atoms with Crippen LogP contribution in [-0.4, -0.2) is 34.9 Å². The fourth-order valence-electron chi connectivity index (χ4n) is 2.55. The molecule has 4 nitrogen and oxygen atoms in total. The molecule has 0 bridgehead atoms. The van der Waals surface area contributed by atoms with Crippen molar-refractivity contribution in [2.24, 2.45) is 5.92 Å². The number of aliphatic hydroxyl groups excluding tert-OH is 1. The first-order valence-electron chi connectivity index (χ1n) is 7.19. The molecular formula is C14H27NO3. The van der Waals surface area contributed by atoms with Crippen LogP contribution in [0.4, 0.5) is 0 Å². The van der Waals surface area contributed by atoms with Crippen molar-refractivity contribution in [2.75, 3.05) is 13.2 Å². The second-order valence-electron chi connectivity index (χ2n) is 5.53. The zero-order valence-corrected chi connectivity index (χ0v) is 11.5. The molecule has 0 atom stereocenters. The van der Waals surface area contributed by atoms with Gasteiger partial charge in [-0.05, 0) is 44.4 Å². The molecule has 1 aliphatic rings. The normalized spacial score (nSPS) is 28.1. The maximum atomic E-state index is 11.5. The van der Waals surface area contributed by atoms with E-state index in [0.29, 0.717) is 25.8 Å². The molecule has 0 unspecified atom stereocenters. The van der Waals surface area contributed by atoms with Crippen molar-refractivity contribution in [3.8, 4) is 0 Å². The van der Waals surface area contributed by atoms with Gasteiger partial charge in [0.25, 0.3) is 0 Å². The second-order valence-corrected chi connectivity index (χ2v) is 5.53. The number of amides is 1. The molecule has 0 heterocycles. The third-order valence-corrected chi connectivity index (χ3v) is 4.04. The largest absolute Gasteiger partial charge is 0.396 e. The molecule has 1 rings (SSSR count). The summed E-state index contributed by atoms with van der Waals surface area (Å²) < 4.78 is 0. The number of carbonyl (C=O) groups is 1. The Morgan fingerprint density at radius 1 is 1.33 bits per heavy atom. The number of hydrogen-bond donors (Lipinski definition) is 3. The molecule has 0 radical (unpaired) electrons. The van der Waals surface area contributed by atoms with Crippen LogP contribution in [0.15, 0.2) is 0 Å². The first kappa shape index (κ1) is 15.4. The Morgan fingerprint density at radius 3 is 2.56 bits per heavy atom. The molecule has 0 aromatic rings. The van der Waals surface area contributed by atoms with E-state index in [1.807, 2.05) is 0 Å². The van der Waals surface area contributed by atoms with Crippen LogP contribution in [0.5, 0.6) is 0 Å². The molecule has 1 saturated carbocycles. The quantitative estimate of drug-likeness (QED) is 0.607. The van der Waals surface area contributed by atoms with Gasteiger partial charge in [-0.3, -0.25) is 4.79 Å². The summed E-state index contributed by atoms with van der Waals surface area (Å²) >= 11 is 0. The first-order valence-corrected chi connectivity index (χ1v) is 7.19. The highest BCUT2D eigenvalue weighted by Crippen LogP contribution is 2.33. The van der Waals surface area contributed by atoms with Crippen molar-refractivity contribution < 1.29 is 15.0 Å². The third-order valence-electron chi connectivity index (χ3n) is 4.04. The van der Waals surface area contributed by atoms with Gasteiger partial charge in [0.15, 0.2) is 0 Å². The van der Waals surface area contributed by atoms with Crippen molar-refractivity contribution >= 4 is 5.91 Å². The van der Waals surface area contributed by atoms with Crippen molar-refractivity contribution in [3.63, 3.8) is 0 Å². The molecule has 4 heteroatoms. The van der Waals surface area contributed by atoms with Crippen molar-refractivity contribution in [3.05, 3.63) is 0 Å². The molecule has 1 aliphatic carbocycles. The van der Waals surface area contributed by atoms with Crippen molar-refractivity contribution in [1.82, 2.24) is 5.32 Å². The van der Waals surface area contributed by atoms with E-state index in [1.165, 1.54) is 6.42 Å². The number of unbranched alkanes of at least 4 members (excludes halogenated alkanes) is 1. The predicted molar refractivity (Wildman–Crippen MR) is 71.1 cm³/mol. The number of nitrogens with one attached hydrogen (secondary N) is 1. The molecule has 0 aromatic heterocycles. The Bertz CT molecular complexity index is 247. The smallest absolute Gasteiger partial charge is 0.220 e. The maximum Gasteiger partial charge on any atom is 0.220 e. The molecule has 1 fully saturated rings. The van der Waals surface area contributed by atoms with Gasteiger partial charge in [-0.2, -0.15) is 0 Å². The van der Waals surface area contributed by atoms with Gasteiger partial charge in [-0.25, -0.2) is 0 Å². The summed E-state index contributed by atoms with van der Waals surface area (Å²) in [6, 6.07) is 0. The lowest BCUT2D eigenvalue weighted by molar-refractivity contribution is -0.123. The predicted octanol–water partition coefficient (Wildman–Crippen LogP) is 1.60. The summed E-state index contributed by atoms with van der Waals surface area (Å²) in [7, 11) is 0. The van der Waals surface area contributed by atoms with E-state index < -0.39 is 5.60 Å². The minimum absolute atomic E-state index is 0.0190. The Hall–Kier alpha value is -0.610. The van der Waals surface area contributed by atoms with Gasteiger partial charge in [-0.1, -0.05) is 13.3 Å². The Balaban J connectivity index is 2.19. The lowest BCUT2D eigenvalue weighted by Gasteiger charge is -2.35. The third kappa shape index (κ3) is 5.36. The van der Waals surface area contributed by atoms with Crippen LogP contribution in [0.1, 0.15) is 58.3 Å². The van der Waals surface area contributed by atoms with E-state index in [4.69, 9.17) is 5.11 Å². The number of aliphatic hydroxyl groups is 2. The van der Waals surface area contributed by atoms with Gasteiger partial charge in [0.2, 0.25) is 5.91 Å². The fraction of sp³-hybridized carbons (Fsp3) is 0.929. The minimum Gasteiger partial charge on any atom is -0.396 e. The van der Waals surface area contributed by atoms with Crippen LogP contribution in [0.2, 0.25) is 0 Å². The Morgan fingerprint density at radius 2 is 2.00 bits per heavy atom. The van der Waals surface area contributed by atoms with E-state index in [1.54, 1.807) is 0 Å². The Labute approximate surface area is 110 Å².